The standard InChI is InChI=1S/C60H43NO2/c1-59(2)50-19-11-9-17-46(50)47-29-27-40(35-52(47)59)61(39-26-28-45-43-15-6-5-13-41(43)42-14-7-8-16-44(42)49(45)34-39)38-24-21-36(22-25-38)37-23-31-55-53(33-37)60(3,4)51-30-32-56-57(58(51)63-55)48-18-10-12-20-54(48)62-56/h5-35H,1-4H3. The van der Waals surface area contributed by atoms with E-state index < -0.39 is 0 Å². The predicted octanol–water partition coefficient (Wildman–Crippen LogP) is 16.9. The number of hydrogen-bond donors (Lipinski definition) is 0. The highest BCUT2D eigenvalue weighted by Gasteiger charge is 2.37. The van der Waals surface area contributed by atoms with E-state index in [1.807, 2.05) is 12.1 Å². The molecule has 2 aliphatic rings. The van der Waals surface area contributed by atoms with Crippen LogP contribution in [-0.2, 0) is 10.8 Å². The Kier molecular flexibility index (Phi) is 7.42. The Morgan fingerprint density at radius 3 is 1.70 bits per heavy atom. The van der Waals surface area contributed by atoms with E-state index in [4.69, 9.17) is 9.15 Å². The molecule has 1 aliphatic heterocycles. The third-order valence-corrected chi connectivity index (χ3v) is 14.3. The molecule has 3 nitrogen and oxygen atoms in total. The molecule has 300 valence electrons. The SMILES string of the molecule is CC1(C)c2ccccc2-c2ccc(N(c3ccc(-c4ccc5c(c4)C(C)(C)c4ccc6oc7ccccc7c6c4O5)cc3)c3ccc4c5ccccc5c5ccccc5c4c3)cc21. The molecule has 1 aromatic heterocycles. The highest BCUT2D eigenvalue weighted by atomic mass is 16.5. The first-order valence-corrected chi connectivity index (χ1v) is 22.0. The molecule has 3 heteroatoms. The quantitative estimate of drug-likeness (QED) is 0.166. The molecular formula is C60H43NO2. The van der Waals surface area contributed by atoms with Gasteiger partial charge in [-0.1, -0.05) is 155 Å². The molecule has 0 unspecified atom stereocenters. The maximum atomic E-state index is 6.81. The van der Waals surface area contributed by atoms with Gasteiger partial charge < -0.3 is 14.1 Å². The number of rotatable bonds is 4. The number of furan rings is 1. The zero-order valence-electron chi connectivity index (χ0n) is 35.7. The van der Waals surface area contributed by atoms with Gasteiger partial charge in [-0.05, 0) is 126 Å². The number of ether oxygens (including phenoxy) is 1. The van der Waals surface area contributed by atoms with Gasteiger partial charge in [0.15, 0.2) is 0 Å². The van der Waals surface area contributed by atoms with E-state index in [1.165, 1.54) is 60.1 Å². The van der Waals surface area contributed by atoms with Gasteiger partial charge in [-0.25, -0.2) is 0 Å². The summed E-state index contributed by atoms with van der Waals surface area (Å²) < 4.78 is 13.1. The lowest BCUT2D eigenvalue weighted by atomic mass is 9.74. The van der Waals surface area contributed by atoms with Gasteiger partial charge in [0.05, 0.1) is 5.39 Å². The molecular weight excluding hydrogens is 767 g/mol. The van der Waals surface area contributed by atoms with Gasteiger partial charge in [-0.2, -0.15) is 0 Å². The highest BCUT2D eigenvalue weighted by molar-refractivity contribution is 6.25. The number of hydrogen-bond acceptors (Lipinski definition) is 3. The fourth-order valence-corrected chi connectivity index (χ4v) is 11.0. The Morgan fingerprint density at radius 2 is 0.937 bits per heavy atom. The van der Waals surface area contributed by atoms with Crippen LogP contribution in [0, 0.1) is 0 Å². The Labute approximate surface area is 366 Å². The van der Waals surface area contributed by atoms with Crippen LogP contribution in [0.15, 0.2) is 192 Å². The number of anilines is 3. The van der Waals surface area contributed by atoms with Gasteiger partial charge in [0.25, 0.3) is 0 Å². The summed E-state index contributed by atoms with van der Waals surface area (Å²) in [6.07, 6.45) is 0. The monoisotopic (exact) mass is 809 g/mol. The van der Waals surface area contributed by atoms with Crippen LogP contribution in [0.25, 0.3) is 76.5 Å². The van der Waals surface area contributed by atoms with Gasteiger partial charge in [-0.3, -0.25) is 0 Å². The Hall–Kier alpha value is -7.62. The first kappa shape index (κ1) is 36.1. The largest absolute Gasteiger partial charge is 0.456 e. The van der Waals surface area contributed by atoms with Gasteiger partial charge in [0.2, 0.25) is 0 Å². The van der Waals surface area contributed by atoms with Gasteiger partial charge >= 0.3 is 0 Å². The zero-order chi connectivity index (χ0) is 42.2. The molecule has 63 heavy (non-hydrogen) atoms. The van der Waals surface area contributed by atoms with Crippen molar-refractivity contribution in [2.24, 2.45) is 0 Å². The van der Waals surface area contributed by atoms with Crippen LogP contribution in [-0.4, -0.2) is 0 Å². The molecule has 0 atom stereocenters. The van der Waals surface area contributed by atoms with Crippen molar-refractivity contribution in [3.05, 3.63) is 210 Å². The summed E-state index contributed by atoms with van der Waals surface area (Å²) in [5, 5.41) is 9.72. The van der Waals surface area contributed by atoms with Crippen molar-refractivity contribution in [3.63, 3.8) is 0 Å². The molecule has 0 fully saturated rings. The maximum Gasteiger partial charge on any atom is 0.143 e. The van der Waals surface area contributed by atoms with E-state index in [0.717, 1.165) is 67.2 Å². The van der Waals surface area contributed by atoms with Crippen LogP contribution in [0.1, 0.15) is 49.9 Å². The summed E-state index contributed by atoms with van der Waals surface area (Å²) in [5.74, 6) is 1.77. The summed E-state index contributed by atoms with van der Waals surface area (Å²) in [6, 6.07) is 68.9. The first-order chi connectivity index (χ1) is 30.7. The van der Waals surface area contributed by atoms with Crippen molar-refractivity contribution in [1.29, 1.82) is 0 Å². The van der Waals surface area contributed by atoms with Gasteiger partial charge in [0.1, 0.15) is 22.7 Å². The Balaban J connectivity index is 0.938. The molecule has 0 radical (unpaired) electrons. The summed E-state index contributed by atoms with van der Waals surface area (Å²) in [6.45, 7) is 9.32. The molecule has 0 amide bonds. The van der Waals surface area contributed by atoms with Crippen LogP contribution < -0.4 is 9.64 Å². The Morgan fingerprint density at radius 1 is 0.365 bits per heavy atom. The summed E-state index contributed by atoms with van der Waals surface area (Å²) in [7, 11) is 0. The third kappa shape index (κ3) is 5.14. The molecule has 2 heterocycles. The van der Waals surface area contributed by atoms with Crippen LogP contribution in [0.5, 0.6) is 11.5 Å². The fraction of sp³-hybridized carbons (Fsp3) is 0.100. The van der Waals surface area contributed by atoms with Gasteiger partial charge in [-0.15, -0.1) is 0 Å². The maximum absolute atomic E-state index is 6.81. The average Bonchev–Trinajstić information content (AvgIpc) is 3.81. The number of para-hydroxylation sites is 1. The highest BCUT2D eigenvalue weighted by Crippen LogP contribution is 2.54. The van der Waals surface area contributed by atoms with Crippen molar-refractivity contribution in [2.45, 2.75) is 38.5 Å². The molecule has 0 saturated heterocycles. The van der Waals surface area contributed by atoms with E-state index in [2.05, 4.69) is 209 Å². The van der Waals surface area contributed by atoms with Crippen LogP contribution in [0.3, 0.4) is 0 Å². The molecule has 1 aliphatic carbocycles. The number of fused-ring (bicyclic) bond motifs is 15. The molecule has 13 rings (SSSR count). The van der Waals surface area contributed by atoms with E-state index in [1.54, 1.807) is 0 Å². The first-order valence-electron chi connectivity index (χ1n) is 22.0. The normalized spacial score (nSPS) is 14.4. The second kappa shape index (κ2) is 13.0. The Bertz CT molecular complexity index is 3680. The van der Waals surface area contributed by atoms with Crippen LogP contribution in [0.2, 0.25) is 0 Å². The lowest BCUT2D eigenvalue weighted by molar-refractivity contribution is 0.423. The van der Waals surface area contributed by atoms with Crippen molar-refractivity contribution in [3.8, 4) is 33.8 Å². The third-order valence-electron chi connectivity index (χ3n) is 14.3. The molecule has 11 aromatic rings. The second-order valence-corrected chi connectivity index (χ2v) is 18.5. The lowest BCUT2D eigenvalue weighted by Crippen LogP contribution is -2.24. The zero-order valence-corrected chi connectivity index (χ0v) is 35.7. The lowest BCUT2D eigenvalue weighted by Gasteiger charge is -2.35. The van der Waals surface area contributed by atoms with E-state index in [-0.39, 0.29) is 10.8 Å². The smallest absolute Gasteiger partial charge is 0.143 e. The van der Waals surface area contributed by atoms with Crippen LogP contribution in [0.4, 0.5) is 17.1 Å². The minimum atomic E-state index is -0.297. The molecule has 0 spiro atoms. The van der Waals surface area contributed by atoms with Crippen molar-refractivity contribution < 1.29 is 9.15 Å². The average molecular weight is 810 g/mol. The van der Waals surface area contributed by atoms with E-state index in [9.17, 15) is 0 Å². The van der Waals surface area contributed by atoms with Crippen LogP contribution >= 0.6 is 0 Å². The topological polar surface area (TPSA) is 25.6 Å². The summed E-state index contributed by atoms with van der Waals surface area (Å²) >= 11 is 0. The van der Waals surface area contributed by atoms with Crippen molar-refractivity contribution in [1.82, 2.24) is 0 Å². The van der Waals surface area contributed by atoms with E-state index >= 15 is 0 Å². The number of nitrogens with zero attached hydrogens (tertiary/aromatic N) is 1. The van der Waals surface area contributed by atoms with Crippen molar-refractivity contribution >= 4 is 71.3 Å². The molecule has 10 aromatic carbocycles. The summed E-state index contributed by atoms with van der Waals surface area (Å²) in [4.78, 5) is 2.44. The number of benzene rings is 10. The molecule has 0 bridgehead atoms. The second-order valence-electron chi connectivity index (χ2n) is 18.5. The van der Waals surface area contributed by atoms with Gasteiger partial charge in [0, 0.05) is 44.4 Å². The molecule has 0 saturated carbocycles. The molecule has 0 N–H and O–H groups in total. The van der Waals surface area contributed by atoms with E-state index in [0.29, 0.717) is 0 Å². The summed E-state index contributed by atoms with van der Waals surface area (Å²) in [5.41, 5.74) is 14.7. The minimum absolute atomic E-state index is 0.126. The fourth-order valence-electron chi connectivity index (χ4n) is 11.0. The minimum Gasteiger partial charge on any atom is -0.456 e. The predicted molar refractivity (Wildman–Crippen MR) is 263 cm³/mol. The van der Waals surface area contributed by atoms with Crippen molar-refractivity contribution in [2.75, 3.05) is 4.90 Å².